The highest BCUT2D eigenvalue weighted by molar-refractivity contribution is 7.18. The molecular formula is C27H22ClN5OS. The second-order valence-corrected chi connectivity index (χ2v) is 9.33. The summed E-state index contributed by atoms with van der Waals surface area (Å²) in [6, 6.07) is 22.2. The van der Waals surface area contributed by atoms with Gasteiger partial charge in [0.15, 0.2) is 0 Å². The van der Waals surface area contributed by atoms with E-state index in [1.807, 2.05) is 72.8 Å². The van der Waals surface area contributed by atoms with Crippen molar-refractivity contribution in [3.05, 3.63) is 95.0 Å². The molecule has 6 nitrogen and oxygen atoms in total. The zero-order chi connectivity index (χ0) is 24.5. The van der Waals surface area contributed by atoms with Gasteiger partial charge in [-0.2, -0.15) is 0 Å². The van der Waals surface area contributed by atoms with Crippen molar-refractivity contribution in [1.82, 2.24) is 4.98 Å². The van der Waals surface area contributed by atoms with Crippen LogP contribution in [0.3, 0.4) is 0 Å². The summed E-state index contributed by atoms with van der Waals surface area (Å²) in [7, 11) is 0. The van der Waals surface area contributed by atoms with Gasteiger partial charge < -0.3 is 17.2 Å². The molecule has 0 atom stereocenters. The number of primary amides is 1. The topological polar surface area (TPSA) is 111 Å². The quantitative estimate of drug-likeness (QED) is 0.255. The summed E-state index contributed by atoms with van der Waals surface area (Å²) in [5.74, 6) is 0.462. The van der Waals surface area contributed by atoms with E-state index in [1.54, 1.807) is 17.5 Å². The predicted octanol–water partition coefficient (Wildman–Crippen LogP) is 6.54. The Balaban J connectivity index is 1.56. The van der Waals surface area contributed by atoms with Gasteiger partial charge in [-0.05, 0) is 58.5 Å². The summed E-state index contributed by atoms with van der Waals surface area (Å²) in [5, 5.41) is 3.63. The number of carbonyl (C=O) groups is 1. The molecule has 0 spiro atoms. The molecule has 0 aliphatic heterocycles. The maximum absolute atomic E-state index is 12.3. The summed E-state index contributed by atoms with van der Waals surface area (Å²) in [6.07, 6.45) is 1.78. The first-order valence-corrected chi connectivity index (χ1v) is 12.1. The Morgan fingerprint density at radius 3 is 2.43 bits per heavy atom. The molecule has 0 aliphatic rings. The van der Waals surface area contributed by atoms with E-state index in [0.29, 0.717) is 28.8 Å². The van der Waals surface area contributed by atoms with Crippen molar-refractivity contribution in [1.29, 1.82) is 0 Å². The molecule has 5 rings (SSSR count). The highest BCUT2D eigenvalue weighted by atomic mass is 35.5. The first-order valence-electron chi connectivity index (χ1n) is 10.9. The number of anilines is 3. The Morgan fingerprint density at radius 2 is 1.71 bits per heavy atom. The molecule has 2 aromatic heterocycles. The van der Waals surface area contributed by atoms with Crippen LogP contribution in [0.1, 0.15) is 5.56 Å². The zero-order valence-electron chi connectivity index (χ0n) is 18.6. The van der Waals surface area contributed by atoms with Crippen molar-refractivity contribution in [3.63, 3.8) is 0 Å². The van der Waals surface area contributed by atoms with Gasteiger partial charge >= 0.3 is 6.03 Å². The summed E-state index contributed by atoms with van der Waals surface area (Å²) >= 11 is 7.82. The molecule has 0 aliphatic carbocycles. The lowest BCUT2D eigenvalue weighted by atomic mass is 10.0. The van der Waals surface area contributed by atoms with Gasteiger partial charge in [-0.15, -0.1) is 11.3 Å². The van der Waals surface area contributed by atoms with Gasteiger partial charge in [0.25, 0.3) is 0 Å². The maximum atomic E-state index is 12.3. The van der Waals surface area contributed by atoms with E-state index >= 15 is 0 Å². The Labute approximate surface area is 211 Å². The highest BCUT2D eigenvalue weighted by Crippen LogP contribution is 2.42. The minimum Gasteiger partial charge on any atom is -0.383 e. The molecule has 8 heteroatoms. The van der Waals surface area contributed by atoms with E-state index in [0.717, 1.165) is 37.9 Å². The second-order valence-electron chi connectivity index (χ2n) is 8.02. The van der Waals surface area contributed by atoms with Gasteiger partial charge in [-0.25, -0.2) is 9.78 Å². The lowest BCUT2D eigenvalue weighted by Gasteiger charge is -2.21. The van der Waals surface area contributed by atoms with E-state index in [4.69, 9.17) is 28.8 Å². The lowest BCUT2D eigenvalue weighted by Crippen LogP contribution is -2.31. The van der Waals surface area contributed by atoms with E-state index in [1.165, 1.54) is 4.90 Å². The molecule has 2 heterocycles. The van der Waals surface area contributed by atoms with Crippen LogP contribution in [0.2, 0.25) is 5.02 Å². The van der Waals surface area contributed by atoms with E-state index in [-0.39, 0.29) is 0 Å². The van der Waals surface area contributed by atoms with Gasteiger partial charge in [-0.1, -0.05) is 48.0 Å². The summed E-state index contributed by atoms with van der Waals surface area (Å²) in [5.41, 5.74) is 23.9. The largest absolute Gasteiger partial charge is 0.383 e. The Hall–Kier alpha value is -3.91. The normalized spacial score (nSPS) is 11.0. The third kappa shape index (κ3) is 4.33. The molecule has 174 valence electrons. The smallest absolute Gasteiger partial charge is 0.323 e. The van der Waals surface area contributed by atoms with E-state index in [2.05, 4.69) is 10.4 Å². The third-order valence-electron chi connectivity index (χ3n) is 5.82. The monoisotopic (exact) mass is 499 g/mol. The number of pyridine rings is 1. The number of urea groups is 1. The van der Waals surface area contributed by atoms with Crippen LogP contribution in [0.25, 0.3) is 32.3 Å². The number of nitrogens with zero attached hydrogens (tertiary/aromatic N) is 2. The van der Waals surface area contributed by atoms with Crippen molar-refractivity contribution >= 4 is 56.2 Å². The van der Waals surface area contributed by atoms with Crippen LogP contribution in [0.4, 0.5) is 22.0 Å². The lowest BCUT2D eigenvalue weighted by molar-refractivity contribution is 0.256. The fraction of sp³-hybridized carbons (Fsp3) is 0.0370. The van der Waals surface area contributed by atoms with Crippen LogP contribution in [0, 0.1) is 0 Å². The average Bonchev–Trinajstić information content (AvgIpc) is 3.31. The minimum absolute atomic E-state index is 0.372. The minimum atomic E-state index is -0.576. The molecule has 0 bridgehead atoms. The summed E-state index contributed by atoms with van der Waals surface area (Å²) in [4.78, 5) is 18.2. The van der Waals surface area contributed by atoms with E-state index in [9.17, 15) is 4.79 Å². The van der Waals surface area contributed by atoms with Crippen molar-refractivity contribution in [2.75, 3.05) is 10.6 Å². The fourth-order valence-electron chi connectivity index (χ4n) is 4.16. The Kier molecular flexibility index (Phi) is 6.13. The molecule has 0 saturated heterocycles. The Bertz CT molecular complexity index is 1550. The molecule has 0 radical (unpaired) electrons. The average molecular weight is 500 g/mol. The number of aromatic nitrogens is 1. The van der Waals surface area contributed by atoms with Crippen LogP contribution in [0.5, 0.6) is 0 Å². The number of carbonyl (C=O) groups excluding carboxylic acids is 1. The number of fused-ring (bicyclic) bond motifs is 1. The molecule has 3 aromatic carbocycles. The molecule has 6 N–H and O–H groups in total. The number of nitrogens with two attached hydrogens (primary N) is 3. The van der Waals surface area contributed by atoms with Crippen LogP contribution < -0.4 is 22.1 Å². The number of benzene rings is 3. The molecule has 5 aromatic rings. The van der Waals surface area contributed by atoms with Crippen LogP contribution >= 0.6 is 22.9 Å². The predicted molar refractivity (Wildman–Crippen MR) is 146 cm³/mol. The summed E-state index contributed by atoms with van der Waals surface area (Å²) in [6.45, 7) is 0.372. The van der Waals surface area contributed by atoms with Crippen molar-refractivity contribution in [2.45, 2.75) is 6.54 Å². The molecule has 0 unspecified atom stereocenters. The van der Waals surface area contributed by atoms with Crippen LogP contribution in [0.15, 0.2) is 84.4 Å². The van der Waals surface area contributed by atoms with Crippen LogP contribution in [-0.4, -0.2) is 11.0 Å². The highest BCUT2D eigenvalue weighted by Gasteiger charge is 2.18. The molecule has 0 fully saturated rings. The number of halogens is 1. The van der Waals surface area contributed by atoms with Crippen molar-refractivity contribution in [3.8, 4) is 22.3 Å². The van der Waals surface area contributed by atoms with Gasteiger partial charge in [0.1, 0.15) is 5.82 Å². The number of rotatable bonds is 5. The van der Waals surface area contributed by atoms with Crippen molar-refractivity contribution in [2.24, 2.45) is 11.5 Å². The number of amides is 2. The van der Waals surface area contributed by atoms with Gasteiger partial charge in [0, 0.05) is 39.0 Å². The molecular weight excluding hydrogens is 478 g/mol. The van der Waals surface area contributed by atoms with Gasteiger partial charge in [-0.3, -0.25) is 4.90 Å². The van der Waals surface area contributed by atoms with E-state index < -0.39 is 6.03 Å². The maximum Gasteiger partial charge on any atom is 0.323 e. The number of nitrogen functional groups attached to an aromatic ring is 1. The Morgan fingerprint density at radius 1 is 0.943 bits per heavy atom. The SMILES string of the molecule is NCc1cccc(N(C(N)=O)c2ccc(-c3csc4c(-c5cccc(Cl)c5)cnc(N)c34)cc2)c1. The summed E-state index contributed by atoms with van der Waals surface area (Å²) < 4.78 is 1.04. The zero-order valence-corrected chi connectivity index (χ0v) is 20.2. The number of thiophene rings is 1. The number of hydrogen-bond donors (Lipinski definition) is 3. The third-order valence-corrected chi connectivity index (χ3v) is 7.07. The number of hydrogen-bond acceptors (Lipinski definition) is 5. The first kappa shape index (κ1) is 22.9. The molecule has 2 amide bonds. The first-order chi connectivity index (χ1) is 17.0. The van der Waals surface area contributed by atoms with Crippen molar-refractivity contribution < 1.29 is 4.79 Å². The standard InChI is InChI=1S/C27H22ClN5OS/c28-19-5-2-4-18(12-19)22-14-32-26(30)24-23(15-35-25(22)24)17-7-9-20(10-8-17)33(27(31)34)21-6-1-3-16(11-21)13-29/h1-12,14-15H,13,29H2,(H2,30,32)(H2,31,34). The second kappa shape index (κ2) is 9.38. The fourth-order valence-corrected chi connectivity index (χ4v) is 5.47. The van der Waals surface area contributed by atoms with Gasteiger partial charge in [0.05, 0.1) is 11.4 Å². The molecule has 35 heavy (non-hydrogen) atoms. The van der Waals surface area contributed by atoms with Gasteiger partial charge in [0.2, 0.25) is 0 Å². The molecule has 0 saturated carbocycles. The van der Waals surface area contributed by atoms with Crippen LogP contribution in [-0.2, 0) is 6.54 Å².